The molecule has 0 bridgehead atoms. The van der Waals surface area contributed by atoms with Gasteiger partial charge < -0.3 is 4.90 Å². The summed E-state index contributed by atoms with van der Waals surface area (Å²) in [6, 6.07) is 8.75. The normalized spacial score (nSPS) is 23.0. The molecule has 3 nitrogen and oxygen atoms in total. The van der Waals surface area contributed by atoms with Crippen LogP contribution in [0.4, 0.5) is 0 Å². The molecule has 21 heavy (non-hydrogen) atoms. The number of nitrogens with zero attached hydrogens (tertiary/aromatic N) is 2. The molecule has 1 aromatic carbocycles. The van der Waals surface area contributed by atoms with E-state index in [0.29, 0.717) is 12.3 Å². The fourth-order valence-corrected chi connectivity index (χ4v) is 3.28. The lowest BCUT2D eigenvalue weighted by Gasteiger charge is -2.17. The van der Waals surface area contributed by atoms with Gasteiger partial charge in [-0.3, -0.25) is 9.69 Å². The summed E-state index contributed by atoms with van der Waals surface area (Å²) < 4.78 is 0. The molecule has 2 saturated heterocycles. The van der Waals surface area contributed by atoms with Crippen LogP contribution >= 0.6 is 0 Å². The highest BCUT2D eigenvalue weighted by molar-refractivity contribution is 5.79. The third-order valence-electron chi connectivity index (χ3n) is 4.58. The van der Waals surface area contributed by atoms with E-state index in [-0.39, 0.29) is 5.91 Å². The molecule has 3 heteroatoms. The minimum Gasteiger partial charge on any atom is -0.338 e. The monoisotopic (exact) mass is 284 g/mol. The van der Waals surface area contributed by atoms with Crippen LogP contribution in [0.3, 0.4) is 0 Å². The summed E-state index contributed by atoms with van der Waals surface area (Å²) in [6.45, 7) is 8.86. The molecule has 2 aliphatic heterocycles. The number of carbonyl (C=O) groups excluding carboxylic acids is 1. The van der Waals surface area contributed by atoms with Crippen LogP contribution in [0.15, 0.2) is 36.9 Å². The molecule has 1 atom stereocenters. The van der Waals surface area contributed by atoms with Crippen molar-refractivity contribution >= 4 is 5.91 Å². The second-order valence-electron chi connectivity index (χ2n) is 6.27. The van der Waals surface area contributed by atoms with Gasteiger partial charge in [-0.15, -0.1) is 6.58 Å². The van der Waals surface area contributed by atoms with Gasteiger partial charge in [0, 0.05) is 32.0 Å². The minimum atomic E-state index is 0.251. The van der Waals surface area contributed by atoms with Gasteiger partial charge in [0.15, 0.2) is 0 Å². The average Bonchev–Trinajstić information content (AvgIpc) is 3.11. The Labute approximate surface area is 127 Å². The number of rotatable bonds is 5. The lowest BCUT2D eigenvalue weighted by atomic mass is 10.1. The molecule has 0 N–H and O–H groups in total. The largest absolute Gasteiger partial charge is 0.338 e. The number of amides is 1. The van der Waals surface area contributed by atoms with Crippen molar-refractivity contribution < 1.29 is 4.79 Å². The minimum absolute atomic E-state index is 0.251. The van der Waals surface area contributed by atoms with Crippen molar-refractivity contribution in [3.05, 3.63) is 48.0 Å². The zero-order chi connectivity index (χ0) is 14.7. The molecule has 0 radical (unpaired) electrons. The molecule has 0 aromatic heterocycles. The SMILES string of the molecule is C=CC1CC(=O)N(Cc2ccc(CN3CCCC3)cc2)C1. The maximum absolute atomic E-state index is 11.9. The Bertz CT molecular complexity index is 502. The van der Waals surface area contributed by atoms with Crippen LogP contribution in [0.25, 0.3) is 0 Å². The topological polar surface area (TPSA) is 23.6 Å². The van der Waals surface area contributed by atoms with Crippen molar-refractivity contribution in [3.8, 4) is 0 Å². The van der Waals surface area contributed by atoms with Gasteiger partial charge in [0.1, 0.15) is 0 Å². The van der Waals surface area contributed by atoms with Gasteiger partial charge in [0.2, 0.25) is 5.91 Å². The maximum atomic E-state index is 11.9. The molecule has 112 valence electrons. The van der Waals surface area contributed by atoms with Gasteiger partial charge in [-0.2, -0.15) is 0 Å². The Hall–Kier alpha value is -1.61. The van der Waals surface area contributed by atoms with E-state index < -0.39 is 0 Å². The first-order valence-electron chi connectivity index (χ1n) is 7.95. The van der Waals surface area contributed by atoms with Gasteiger partial charge in [-0.25, -0.2) is 0 Å². The predicted molar refractivity (Wildman–Crippen MR) is 84.7 cm³/mol. The number of likely N-dealkylation sites (tertiary alicyclic amines) is 2. The van der Waals surface area contributed by atoms with Crippen molar-refractivity contribution in [2.45, 2.75) is 32.4 Å². The summed E-state index contributed by atoms with van der Waals surface area (Å²) in [4.78, 5) is 16.4. The number of carbonyl (C=O) groups is 1. The number of hydrogen-bond acceptors (Lipinski definition) is 2. The molecule has 1 aromatic rings. The van der Waals surface area contributed by atoms with E-state index in [1.165, 1.54) is 37.1 Å². The van der Waals surface area contributed by atoms with Crippen LogP contribution < -0.4 is 0 Å². The third kappa shape index (κ3) is 3.53. The van der Waals surface area contributed by atoms with Gasteiger partial charge in [0.25, 0.3) is 0 Å². The molecule has 1 unspecified atom stereocenters. The van der Waals surface area contributed by atoms with Gasteiger partial charge in [0.05, 0.1) is 0 Å². The first kappa shape index (κ1) is 14.3. The summed E-state index contributed by atoms with van der Waals surface area (Å²) in [6.07, 6.45) is 5.19. The molecular formula is C18H24N2O. The zero-order valence-corrected chi connectivity index (χ0v) is 12.6. The zero-order valence-electron chi connectivity index (χ0n) is 12.6. The van der Waals surface area contributed by atoms with Crippen LogP contribution in [-0.4, -0.2) is 35.3 Å². The number of hydrogen-bond donors (Lipinski definition) is 0. The molecule has 2 heterocycles. The molecule has 3 rings (SSSR count). The van der Waals surface area contributed by atoms with E-state index >= 15 is 0 Å². The quantitative estimate of drug-likeness (QED) is 0.776. The summed E-state index contributed by atoms with van der Waals surface area (Å²) in [5.41, 5.74) is 2.59. The second kappa shape index (κ2) is 6.44. The van der Waals surface area contributed by atoms with E-state index in [0.717, 1.165) is 19.6 Å². The van der Waals surface area contributed by atoms with Crippen molar-refractivity contribution in [1.29, 1.82) is 0 Å². The smallest absolute Gasteiger partial charge is 0.223 e. The summed E-state index contributed by atoms with van der Waals surface area (Å²) in [5.74, 6) is 0.577. The second-order valence-corrected chi connectivity index (χ2v) is 6.27. The fraction of sp³-hybridized carbons (Fsp3) is 0.500. The molecule has 0 spiro atoms. The Morgan fingerprint density at radius 3 is 2.29 bits per heavy atom. The lowest BCUT2D eigenvalue weighted by Crippen LogP contribution is -2.24. The van der Waals surface area contributed by atoms with E-state index in [1.54, 1.807) is 0 Å². The summed E-state index contributed by atoms with van der Waals surface area (Å²) >= 11 is 0. The van der Waals surface area contributed by atoms with Crippen molar-refractivity contribution in [2.75, 3.05) is 19.6 Å². The van der Waals surface area contributed by atoms with Gasteiger partial charge in [-0.05, 0) is 37.1 Å². The van der Waals surface area contributed by atoms with E-state index in [2.05, 4.69) is 35.7 Å². The first-order chi connectivity index (χ1) is 10.2. The molecule has 0 aliphatic carbocycles. The lowest BCUT2D eigenvalue weighted by molar-refractivity contribution is -0.128. The van der Waals surface area contributed by atoms with Crippen LogP contribution in [0, 0.1) is 5.92 Å². The maximum Gasteiger partial charge on any atom is 0.223 e. The third-order valence-corrected chi connectivity index (χ3v) is 4.58. The molecular weight excluding hydrogens is 260 g/mol. The molecule has 0 saturated carbocycles. The van der Waals surface area contributed by atoms with E-state index in [9.17, 15) is 4.79 Å². The molecule has 2 fully saturated rings. The number of benzene rings is 1. The van der Waals surface area contributed by atoms with Crippen molar-refractivity contribution in [3.63, 3.8) is 0 Å². The summed E-state index contributed by atoms with van der Waals surface area (Å²) in [7, 11) is 0. The van der Waals surface area contributed by atoms with Crippen LogP contribution in [-0.2, 0) is 17.9 Å². The average molecular weight is 284 g/mol. The standard InChI is InChI=1S/C18H24N2O/c1-2-15-11-18(21)20(13-15)14-17-7-5-16(6-8-17)12-19-9-3-4-10-19/h2,5-8,15H,1,3-4,9-14H2. The van der Waals surface area contributed by atoms with E-state index in [1.807, 2.05) is 11.0 Å². The van der Waals surface area contributed by atoms with Crippen LogP contribution in [0.1, 0.15) is 30.4 Å². The molecule has 1 amide bonds. The highest BCUT2D eigenvalue weighted by atomic mass is 16.2. The molecule has 2 aliphatic rings. The van der Waals surface area contributed by atoms with Gasteiger partial charge in [-0.1, -0.05) is 30.3 Å². The predicted octanol–water partition coefficient (Wildman–Crippen LogP) is 2.82. The van der Waals surface area contributed by atoms with Crippen LogP contribution in [0.5, 0.6) is 0 Å². The Kier molecular flexibility index (Phi) is 4.39. The fourth-order valence-electron chi connectivity index (χ4n) is 3.28. The van der Waals surface area contributed by atoms with Crippen molar-refractivity contribution in [2.24, 2.45) is 5.92 Å². The van der Waals surface area contributed by atoms with Gasteiger partial charge >= 0.3 is 0 Å². The Balaban J connectivity index is 1.56. The summed E-state index contributed by atoms with van der Waals surface area (Å²) in [5, 5.41) is 0. The Morgan fingerprint density at radius 1 is 1.10 bits per heavy atom. The van der Waals surface area contributed by atoms with Crippen molar-refractivity contribution in [1.82, 2.24) is 9.80 Å². The Morgan fingerprint density at radius 2 is 1.71 bits per heavy atom. The highest BCUT2D eigenvalue weighted by Gasteiger charge is 2.27. The first-order valence-corrected chi connectivity index (χ1v) is 7.95. The van der Waals surface area contributed by atoms with Crippen LogP contribution in [0.2, 0.25) is 0 Å². The highest BCUT2D eigenvalue weighted by Crippen LogP contribution is 2.21. The van der Waals surface area contributed by atoms with E-state index in [4.69, 9.17) is 0 Å².